The Labute approximate surface area is 102 Å². The molecule has 1 N–H and O–H groups in total. The van der Waals surface area contributed by atoms with E-state index in [1.807, 2.05) is 4.90 Å². The molecule has 1 aromatic rings. The molecule has 0 aliphatic carbocycles. The third-order valence-corrected chi connectivity index (χ3v) is 3.78. The molecule has 0 bridgehead atoms. The molecule has 2 rings (SSSR count). The average molecular weight is 256 g/mol. The number of carboxylic acids is 1. The molecule has 0 saturated carbocycles. The molecule has 1 aliphatic rings. The van der Waals surface area contributed by atoms with Gasteiger partial charge in [-0.15, -0.1) is 0 Å². The van der Waals surface area contributed by atoms with Gasteiger partial charge in [0, 0.05) is 24.5 Å². The molecule has 1 saturated heterocycles. The van der Waals surface area contributed by atoms with Crippen molar-refractivity contribution in [2.24, 2.45) is 5.92 Å². The van der Waals surface area contributed by atoms with Crippen molar-refractivity contribution in [1.82, 2.24) is 4.90 Å². The van der Waals surface area contributed by atoms with Crippen LogP contribution in [0.2, 0.25) is 0 Å². The van der Waals surface area contributed by atoms with E-state index >= 15 is 0 Å². The maximum atomic E-state index is 10.8. The fourth-order valence-corrected chi connectivity index (χ4v) is 2.70. The van der Waals surface area contributed by atoms with Crippen molar-refractivity contribution in [2.45, 2.75) is 13.0 Å². The highest BCUT2D eigenvalue weighted by Crippen LogP contribution is 2.25. The molecule has 2 heterocycles. The molecule has 0 amide bonds. The monoisotopic (exact) mass is 256 g/mol. The molecule has 0 spiro atoms. The first-order chi connectivity index (χ1) is 8.06. The van der Waals surface area contributed by atoms with Gasteiger partial charge in [-0.05, 0) is 18.5 Å². The minimum atomic E-state index is -0.760. The molecular weight excluding hydrogens is 244 g/mol. The minimum absolute atomic E-state index is 0.133. The summed E-state index contributed by atoms with van der Waals surface area (Å²) in [5.41, 5.74) is 0.882. The van der Waals surface area contributed by atoms with Crippen molar-refractivity contribution in [2.75, 3.05) is 13.1 Å². The van der Waals surface area contributed by atoms with Crippen LogP contribution in [-0.2, 0) is 11.3 Å². The van der Waals surface area contributed by atoms with Gasteiger partial charge in [0.2, 0.25) is 0 Å². The molecule has 17 heavy (non-hydrogen) atoms. The van der Waals surface area contributed by atoms with Gasteiger partial charge in [-0.25, -0.2) is 0 Å². The van der Waals surface area contributed by atoms with Crippen LogP contribution in [0.5, 0.6) is 0 Å². The lowest BCUT2D eigenvalue weighted by Gasteiger charge is -2.13. The number of rotatable bonds is 4. The molecule has 1 aromatic heterocycles. The van der Waals surface area contributed by atoms with Gasteiger partial charge in [-0.2, -0.15) is 0 Å². The SMILES string of the molecule is O=C(O)C1CCN(Cc2csc([N+](=O)[O-])c2)C1. The first kappa shape index (κ1) is 12.0. The lowest BCUT2D eigenvalue weighted by atomic mass is 10.1. The van der Waals surface area contributed by atoms with Crippen LogP contribution < -0.4 is 0 Å². The molecule has 1 fully saturated rings. The van der Waals surface area contributed by atoms with E-state index in [-0.39, 0.29) is 10.9 Å². The molecule has 7 heteroatoms. The van der Waals surface area contributed by atoms with E-state index < -0.39 is 10.9 Å². The molecule has 92 valence electrons. The zero-order valence-electron chi connectivity index (χ0n) is 9.04. The van der Waals surface area contributed by atoms with Crippen LogP contribution in [0.25, 0.3) is 0 Å². The minimum Gasteiger partial charge on any atom is -0.481 e. The molecule has 1 aliphatic heterocycles. The second-order valence-electron chi connectivity index (χ2n) is 4.11. The number of likely N-dealkylation sites (tertiary alicyclic amines) is 1. The predicted octanol–water partition coefficient (Wildman–Crippen LogP) is 1.56. The van der Waals surface area contributed by atoms with Gasteiger partial charge in [-0.1, -0.05) is 11.3 Å². The first-order valence-electron chi connectivity index (χ1n) is 5.23. The second-order valence-corrected chi connectivity index (χ2v) is 5.00. The summed E-state index contributed by atoms with van der Waals surface area (Å²) in [7, 11) is 0. The molecule has 1 atom stereocenters. The van der Waals surface area contributed by atoms with Crippen molar-refractivity contribution in [3.05, 3.63) is 27.1 Å². The van der Waals surface area contributed by atoms with Crippen LogP contribution in [-0.4, -0.2) is 34.0 Å². The summed E-state index contributed by atoms with van der Waals surface area (Å²) in [5.74, 6) is -1.06. The van der Waals surface area contributed by atoms with Crippen molar-refractivity contribution >= 4 is 22.3 Å². The van der Waals surface area contributed by atoms with Crippen molar-refractivity contribution < 1.29 is 14.8 Å². The van der Waals surface area contributed by atoms with E-state index in [4.69, 9.17) is 5.11 Å². The van der Waals surface area contributed by atoms with Gasteiger partial charge >= 0.3 is 11.0 Å². The number of hydrogen-bond acceptors (Lipinski definition) is 5. The first-order valence-corrected chi connectivity index (χ1v) is 6.11. The molecule has 6 nitrogen and oxygen atoms in total. The Bertz CT molecular complexity index is 445. The standard InChI is InChI=1S/C10H12N2O4S/c13-10(14)8-1-2-11(5-8)4-7-3-9(12(15)16)17-6-7/h3,6,8H,1-2,4-5H2,(H,13,14). The number of nitrogens with zero attached hydrogens (tertiary/aromatic N) is 2. The highest BCUT2D eigenvalue weighted by atomic mass is 32.1. The van der Waals surface area contributed by atoms with Crippen molar-refractivity contribution in [3.8, 4) is 0 Å². The summed E-state index contributed by atoms with van der Waals surface area (Å²) < 4.78 is 0. The van der Waals surface area contributed by atoms with Crippen LogP contribution in [0.3, 0.4) is 0 Å². The number of aliphatic carboxylic acids is 1. The van der Waals surface area contributed by atoms with Crippen LogP contribution in [0.15, 0.2) is 11.4 Å². The van der Waals surface area contributed by atoms with Crippen LogP contribution in [0, 0.1) is 16.0 Å². The van der Waals surface area contributed by atoms with Gasteiger partial charge in [0.05, 0.1) is 10.8 Å². The third kappa shape index (κ3) is 2.80. The van der Waals surface area contributed by atoms with E-state index in [1.165, 1.54) is 0 Å². The smallest absolute Gasteiger partial charge is 0.324 e. The normalized spacial score (nSPS) is 20.6. The zero-order chi connectivity index (χ0) is 12.4. The molecule has 0 radical (unpaired) electrons. The third-order valence-electron chi connectivity index (χ3n) is 2.85. The number of hydrogen-bond donors (Lipinski definition) is 1. The highest BCUT2D eigenvalue weighted by Gasteiger charge is 2.28. The molecule has 0 aromatic carbocycles. The van der Waals surface area contributed by atoms with E-state index in [1.54, 1.807) is 11.4 Å². The number of nitro groups is 1. The fourth-order valence-electron chi connectivity index (χ4n) is 1.98. The largest absolute Gasteiger partial charge is 0.481 e. The lowest BCUT2D eigenvalue weighted by molar-refractivity contribution is -0.380. The Morgan fingerprint density at radius 3 is 3.00 bits per heavy atom. The summed E-state index contributed by atoms with van der Waals surface area (Å²) in [6.45, 7) is 1.85. The Morgan fingerprint density at radius 2 is 2.47 bits per heavy atom. The maximum absolute atomic E-state index is 10.8. The highest BCUT2D eigenvalue weighted by molar-refractivity contribution is 7.13. The summed E-state index contributed by atoms with van der Waals surface area (Å²) in [6, 6.07) is 1.55. The number of carboxylic acid groups (broad SMARTS) is 1. The van der Waals surface area contributed by atoms with Crippen molar-refractivity contribution in [3.63, 3.8) is 0 Å². The second kappa shape index (κ2) is 4.80. The fraction of sp³-hybridized carbons (Fsp3) is 0.500. The van der Waals surface area contributed by atoms with Gasteiger partial charge in [0.1, 0.15) is 0 Å². The lowest BCUT2D eigenvalue weighted by Crippen LogP contribution is -2.22. The van der Waals surface area contributed by atoms with E-state index in [0.29, 0.717) is 19.5 Å². The Kier molecular flexibility index (Phi) is 3.39. The van der Waals surface area contributed by atoms with Gasteiger partial charge in [0.15, 0.2) is 0 Å². The number of carbonyl (C=O) groups is 1. The van der Waals surface area contributed by atoms with Crippen LogP contribution in [0.1, 0.15) is 12.0 Å². The van der Waals surface area contributed by atoms with E-state index in [2.05, 4.69) is 0 Å². The summed E-state index contributed by atoms with van der Waals surface area (Å²) in [5, 5.41) is 21.3. The maximum Gasteiger partial charge on any atom is 0.324 e. The Hall–Kier alpha value is -1.47. The Balaban J connectivity index is 1.93. The van der Waals surface area contributed by atoms with Gasteiger partial charge in [-0.3, -0.25) is 19.8 Å². The number of thiophene rings is 1. The predicted molar refractivity (Wildman–Crippen MR) is 62.0 cm³/mol. The van der Waals surface area contributed by atoms with E-state index in [0.717, 1.165) is 23.4 Å². The van der Waals surface area contributed by atoms with Crippen LogP contribution >= 0.6 is 11.3 Å². The molecule has 1 unspecified atom stereocenters. The van der Waals surface area contributed by atoms with Gasteiger partial charge < -0.3 is 5.11 Å². The van der Waals surface area contributed by atoms with Gasteiger partial charge in [0.25, 0.3) is 0 Å². The molecular formula is C10H12N2O4S. The average Bonchev–Trinajstić information content (AvgIpc) is 2.87. The quantitative estimate of drug-likeness (QED) is 0.653. The Morgan fingerprint density at radius 1 is 1.71 bits per heavy atom. The topological polar surface area (TPSA) is 83.7 Å². The van der Waals surface area contributed by atoms with E-state index in [9.17, 15) is 14.9 Å². The summed E-state index contributed by atoms with van der Waals surface area (Å²) >= 11 is 1.11. The summed E-state index contributed by atoms with van der Waals surface area (Å²) in [4.78, 5) is 22.9. The summed E-state index contributed by atoms with van der Waals surface area (Å²) in [6.07, 6.45) is 0.654. The zero-order valence-corrected chi connectivity index (χ0v) is 9.85. The van der Waals surface area contributed by atoms with Crippen molar-refractivity contribution in [1.29, 1.82) is 0 Å². The van der Waals surface area contributed by atoms with Crippen LogP contribution in [0.4, 0.5) is 5.00 Å².